The number of nitrogens with one attached hydrogen (secondary N) is 1. The first-order valence-electron chi connectivity index (χ1n) is 8.67. The van der Waals surface area contributed by atoms with Crippen molar-refractivity contribution < 1.29 is 9.53 Å². The molecule has 134 valence electrons. The SMILES string of the molecule is COc1ccc(C2CC2NC(=O)c2sc3nnc(C)c(C)c3c2C)cc1. The average molecular weight is 367 g/mol. The fourth-order valence-electron chi connectivity index (χ4n) is 3.41. The third-order valence-corrected chi connectivity index (χ3v) is 6.37. The zero-order valence-electron chi connectivity index (χ0n) is 15.3. The maximum atomic E-state index is 12.8. The van der Waals surface area contributed by atoms with Gasteiger partial charge in [0, 0.05) is 17.3 Å². The summed E-state index contributed by atoms with van der Waals surface area (Å²) in [6.45, 7) is 5.98. The number of aromatic nitrogens is 2. The molecule has 5 nitrogen and oxygen atoms in total. The van der Waals surface area contributed by atoms with Crippen LogP contribution >= 0.6 is 11.3 Å². The third kappa shape index (κ3) is 2.84. The molecule has 1 aromatic carbocycles. The molecule has 6 heteroatoms. The van der Waals surface area contributed by atoms with Crippen molar-refractivity contribution in [3.8, 4) is 5.75 Å². The molecule has 1 N–H and O–H groups in total. The molecule has 3 aromatic rings. The molecule has 26 heavy (non-hydrogen) atoms. The summed E-state index contributed by atoms with van der Waals surface area (Å²) < 4.78 is 5.20. The van der Waals surface area contributed by atoms with E-state index in [1.54, 1.807) is 7.11 Å². The lowest BCUT2D eigenvalue weighted by molar-refractivity contribution is 0.0954. The van der Waals surface area contributed by atoms with Gasteiger partial charge in [0.2, 0.25) is 0 Å². The molecule has 1 saturated carbocycles. The van der Waals surface area contributed by atoms with E-state index in [1.807, 2.05) is 32.9 Å². The van der Waals surface area contributed by atoms with Crippen LogP contribution in [-0.2, 0) is 0 Å². The summed E-state index contributed by atoms with van der Waals surface area (Å²) in [5, 5.41) is 12.7. The number of carbonyl (C=O) groups is 1. The minimum atomic E-state index is -0.0106. The zero-order chi connectivity index (χ0) is 18.4. The lowest BCUT2D eigenvalue weighted by Gasteiger charge is -2.06. The highest BCUT2D eigenvalue weighted by Crippen LogP contribution is 2.42. The van der Waals surface area contributed by atoms with E-state index >= 15 is 0 Å². The van der Waals surface area contributed by atoms with Gasteiger partial charge in [-0.05, 0) is 56.0 Å². The van der Waals surface area contributed by atoms with Crippen molar-refractivity contribution in [3.05, 3.63) is 51.5 Å². The number of hydrogen-bond donors (Lipinski definition) is 1. The van der Waals surface area contributed by atoms with Crippen LogP contribution in [0, 0.1) is 20.8 Å². The van der Waals surface area contributed by atoms with E-state index in [-0.39, 0.29) is 11.9 Å². The van der Waals surface area contributed by atoms with Crippen LogP contribution in [0.3, 0.4) is 0 Å². The molecule has 2 heterocycles. The molecular formula is C20H21N3O2S. The van der Waals surface area contributed by atoms with Gasteiger partial charge in [-0.25, -0.2) is 0 Å². The fraction of sp³-hybridized carbons (Fsp3) is 0.350. The number of ether oxygens (including phenoxy) is 1. The van der Waals surface area contributed by atoms with Crippen molar-refractivity contribution in [3.63, 3.8) is 0 Å². The van der Waals surface area contributed by atoms with Gasteiger partial charge >= 0.3 is 0 Å². The average Bonchev–Trinajstić information content (AvgIpc) is 3.32. The summed E-state index contributed by atoms with van der Waals surface area (Å²) >= 11 is 1.42. The Hall–Kier alpha value is -2.47. The minimum absolute atomic E-state index is 0.0106. The number of nitrogens with zero attached hydrogens (tertiary/aromatic N) is 2. The van der Waals surface area contributed by atoms with Gasteiger partial charge in [-0.2, -0.15) is 5.10 Å². The number of carbonyl (C=O) groups excluding carboxylic acids is 1. The number of rotatable bonds is 4. The molecule has 1 aliphatic rings. The van der Waals surface area contributed by atoms with Crippen LogP contribution in [0.15, 0.2) is 24.3 Å². The first-order valence-corrected chi connectivity index (χ1v) is 9.49. The molecule has 1 fully saturated rings. The smallest absolute Gasteiger partial charge is 0.261 e. The van der Waals surface area contributed by atoms with Gasteiger partial charge in [0.05, 0.1) is 17.7 Å². The molecule has 1 amide bonds. The number of methoxy groups -OCH3 is 1. The summed E-state index contributed by atoms with van der Waals surface area (Å²) in [6.07, 6.45) is 0.972. The van der Waals surface area contributed by atoms with Gasteiger partial charge < -0.3 is 10.1 Å². The van der Waals surface area contributed by atoms with Gasteiger partial charge in [0.1, 0.15) is 10.6 Å². The second-order valence-corrected chi connectivity index (χ2v) is 7.84. The Labute approximate surface area is 156 Å². The molecule has 2 unspecified atom stereocenters. The van der Waals surface area contributed by atoms with Gasteiger partial charge in [0.15, 0.2) is 0 Å². The zero-order valence-corrected chi connectivity index (χ0v) is 16.1. The Kier molecular flexibility index (Phi) is 4.15. The van der Waals surface area contributed by atoms with Gasteiger partial charge in [-0.15, -0.1) is 16.4 Å². The topological polar surface area (TPSA) is 64.1 Å². The van der Waals surface area contributed by atoms with Crippen molar-refractivity contribution in [2.75, 3.05) is 7.11 Å². The summed E-state index contributed by atoms with van der Waals surface area (Å²) in [6, 6.07) is 8.26. The van der Waals surface area contributed by atoms with Crippen LogP contribution in [-0.4, -0.2) is 29.3 Å². The van der Waals surface area contributed by atoms with E-state index in [0.717, 1.165) is 44.1 Å². The van der Waals surface area contributed by atoms with E-state index in [0.29, 0.717) is 5.92 Å². The maximum Gasteiger partial charge on any atom is 0.261 e. The molecule has 2 atom stereocenters. The van der Waals surface area contributed by atoms with Crippen LogP contribution in [0.2, 0.25) is 0 Å². The normalized spacial score (nSPS) is 18.8. The Balaban J connectivity index is 1.52. The van der Waals surface area contributed by atoms with Crippen LogP contribution in [0.4, 0.5) is 0 Å². The van der Waals surface area contributed by atoms with E-state index in [9.17, 15) is 4.79 Å². The van der Waals surface area contributed by atoms with Crippen molar-refractivity contribution >= 4 is 27.5 Å². The predicted molar refractivity (Wildman–Crippen MR) is 103 cm³/mol. The Morgan fingerprint density at radius 1 is 1.15 bits per heavy atom. The lowest BCUT2D eigenvalue weighted by atomic mass is 10.1. The Morgan fingerprint density at radius 2 is 1.88 bits per heavy atom. The predicted octanol–water partition coefficient (Wildman–Crippen LogP) is 3.91. The molecule has 0 bridgehead atoms. The van der Waals surface area contributed by atoms with E-state index in [1.165, 1.54) is 16.9 Å². The van der Waals surface area contributed by atoms with Crippen molar-refractivity contribution in [1.82, 2.24) is 15.5 Å². The molecule has 0 aliphatic heterocycles. The van der Waals surface area contributed by atoms with Gasteiger partial charge in [-0.3, -0.25) is 4.79 Å². The number of fused-ring (bicyclic) bond motifs is 1. The highest BCUT2D eigenvalue weighted by atomic mass is 32.1. The van der Waals surface area contributed by atoms with Gasteiger partial charge in [-0.1, -0.05) is 12.1 Å². The molecule has 4 rings (SSSR count). The van der Waals surface area contributed by atoms with Crippen LogP contribution in [0.5, 0.6) is 5.75 Å². The van der Waals surface area contributed by atoms with Crippen molar-refractivity contribution in [2.45, 2.75) is 39.2 Å². The standard InChI is InChI=1S/C20H21N3O2S/c1-10-12(3)22-23-20-17(10)11(2)18(26-20)19(24)21-16-9-15(16)13-5-7-14(25-4)8-6-13/h5-8,15-16H,9H2,1-4H3,(H,21,24). The second kappa shape index (κ2) is 6.36. The maximum absolute atomic E-state index is 12.8. The monoisotopic (exact) mass is 367 g/mol. The summed E-state index contributed by atoms with van der Waals surface area (Å²) in [7, 11) is 1.66. The minimum Gasteiger partial charge on any atom is -0.497 e. The first-order chi connectivity index (χ1) is 12.5. The molecule has 2 aromatic heterocycles. The van der Waals surface area contributed by atoms with E-state index in [2.05, 4.69) is 27.6 Å². The summed E-state index contributed by atoms with van der Waals surface area (Å²) in [5.74, 6) is 1.22. The summed E-state index contributed by atoms with van der Waals surface area (Å²) in [4.78, 5) is 14.4. The molecule has 0 spiro atoms. The van der Waals surface area contributed by atoms with E-state index < -0.39 is 0 Å². The first kappa shape index (κ1) is 17.0. The summed E-state index contributed by atoms with van der Waals surface area (Å²) in [5.41, 5.74) is 4.25. The van der Waals surface area contributed by atoms with E-state index in [4.69, 9.17) is 4.74 Å². The largest absolute Gasteiger partial charge is 0.497 e. The Bertz CT molecular complexity index is 994. The number of benzene rings is 1. The number of hydrogen-bond acceptors (Lipinski definition) is 5. The molecule has 1 aliphatic carbocycles. The quantitative estimate of drug-likeness (QED) is 0.759. The Morgan fingerprint density at radius 3 is 2.58 bits per heavy atom. The number of thiophene rings is 1. The third-order valence-electron chi connectivity index (χ3n) is 5.19. The van der Waals surface area contributed by atoms with Crippen molar-refractivity contribution in [2.24, 2.45) is 0 Å². The second-order valence-electron chi connectivity index (χ2n) is 6.84. The lowest BCUT2D eigenvalue weighted by Crippen LogP contribution is -2.26. The van der Waals surface area contributed by atoms with Gasteiger partial charge in [0.25, 0.3) is 5.91 Å². The van der Waals surface area contributed by atoms with Crippen LogP contribution in [0.25, 0.3) is 10.2 Å². The van der Waals surface area contributed by atoms with Crippen LogP contribution in [0.1, 0.15) is 44.4 Å². The van der Waals surface area contributed by atoms with Crippen LogP contribution < -0.4 is 10.1 Å². The highest BCUT2D eigenvalue weighted by Gasteiger charge is 2.40. The fourth-order valence-corrected chi connectivity index (χ4v) is 4.50. The molecule has 0 saturated heterocycles. The number of aryl methyl sites for hydroxylation is 3. The molecular weight excluding hydrogens is 346 g/mol. The number of amides is 1. The van der Waals surface area contributed by atoms with Crippen molar-refractivity contribution in [1.29, 1.82) is 0 Å². The molecule has 0 radical (unpaired) electrons. The highest BCUT2D eigenvalue weighted by molar-refractivity contribution is 7.20.